The summed E-state index contributed by atoms with van der Waals surface area (Å²) >= 11 is 12.9. The molecule has 0 heterocycles. The van der Waals surface area contributed by atoms with E-state index in [0.717, 1.165) is 5.56 Å². The maximum atomic E-state index is 9.74. The summed E-state index contributed by atoms with van der Waals surface area (Å²) in [5, 5.41) is 13.0. The molecule has 1 rings (SSSR count). The lowest BCUT2D eigenvalue weighted by Gasteiger charge is -2.17. The number of benzene rings is 1. The zero-order valence-electron chi connectivity index (χ0n) is 10.2. The fraction of sp³-hybridized carbons (Fsp3) is 0.250. The molecule has 0 saturated carbocycles. The summed E-state index contributed by atoms with van der Waals surface area (Å²) in [6.07, 6.45) is -1.21. The first kappa shape index (κ1) is 16.6. The number of hydrogen-bond acceptors (Lipinski definition) is 5. The molecule has 1 aromatic rings. The zero-order chi connectivity index (χ0) is 14.4. The Balaban J connectivity index is 2.57. The van der Waals surface area contributed by atoms with E-state index in [2.05, 4.69) is 5.32 Å². The molecule has 7 heteroatoms. The summed E-state index contributed by atoms with van der Waals surface area (Å²) in [5.74, 6) is 0. The largest absolute Gasteiger partial charge is 0.401 e. The Hall–Kier alpha value is -0.410. The second kappa shape index (κ2) is 8.01. The smallest absolute Gasteiger partial charge is 0.235 e. The summed E-state index contributed by atoms with van der Waals surface area (Å²) in [5.41, 5.74) is 7.42. The van der Waals surface area contributed by atoms with Gasteiger partial charge in [-0.05, 0) is 41.1 Å². The molecule has 0 aromatic heterocycles. The maximum Gasteiger partial charge on any atom is 0.235 e. The third-order valence-corrected chi connectivity index (χ3v) is 3.33. The summed E-state index contributed by atoms with van der Waals surface area (Å²) in [6, 6.07) is 7.26. The highest BCUT2D eigenvalue weighted by atomic mass is 127. The van der Waals surface area contributed by atoms with Gasteiger partial charge in [0.15, 0.2) is 0 Å². The maximum absolute atomic E-state index is 9.74. The Kier molecular flexibility index (Phi) is 7.01. The molecule has 4 N–H and O–H groups in total. The first-order chi connectivity index (χ1) is 8.91. The van der Waals surface area contributed by atoms with Gasteiger partial charge in [-0.3, -0.25) is 0 Å². The number of aliphatic hydroxyl groups excluding tert-OH is 1. The summed E-state index contributed by atoms with van der Waals surface area (Å²) in [6.45, 7) is 1.87. The van der Waals surface area contributed by atoms with E-state index in [-0.39, 0.29) is 6.61 Å². The number of allylic oxidation sites excluding steroid dienone is 2. The molecule has 4 nitrogen and oxygen atoms in total. The molecule has 0 amide bonds. The second-order valence-electron chi connectivity index (χ2n) is 3.73. The van der Waals surface area contributed by atoms with Crippen molar-refractivity contribution in [2.45, 2.75) is 19.9 Å². The molecule has 19 heavy (non-hydrogen) atoms. The highest BCUT2D eigenvalue weighted by molar-refractivity contribution is 14.1. The molecule has 0 radical (unpaired) electrons. The van der Waals surface area contributed by atoms with Gasteiger partial charge in [0.1, 0.15) is 2.87 Å². The van der Waals surface area contributed by atoms with E-state index in [1.807, 2.05) is 40.8 Å². The van der Waals surface area contributed by atoms with Crippen molar-refractivity contribution >= 4 is 49.3 Å². The van der Waals surface area contributed by atoms with E-state index in [1.165, 1.54) is 0 Å². The van der Waals surface area contributed by atoms with Gasteiger partial charge >= 0.3 is 0 Å². The van der Waals surface area contributed by atoms with Gasteiger partial charge in [-0.1, -0.05) is 42.0 Å². The van der Waals surface area contributed by atoms with Crippen LogP contribution in [0.5, 0.6) is 0 Å². The highest BCUT2D eigenvalue weighted by Crippen LogP contribution is 2.16. The summed E-state index contributed by atoms with van der Waals surface area (Å²) in [4.78, 5) is 0. The molecular weight excluding hydrogens is 399 g/mol. The molecule has 0 aliphatic carbocycles. The van der Waals surface area contributed by atoms with Gasteiger partial charge < -0.3 is 20.9 Å². The second-order valence-corrected chi connectivity index (χ2v) is 6.36. The summed E-state index contributed by atoms with van der Waals surface area (Å²) < 4.78 is 5.77. The van der Waals surface area contributed by atoms with Gasteiger partial charge in [-0.15, -0.1) is 0 Å². The molecule has 0 bridgehead atoms. The molecule has 104 valence electrons. The van der Waals surface area contributed by atoms with Gasteiger partial charge in [-0.25, -0.2) is 0 Å². The molecule has 0 spiro atoms. The minimum Gasteiger partial charge on any atom is -0.401 e. The van der Waals surface area contributed by atoms with E-state index < -0.39 is 6.41 Å². The first-order valence-electron chi connectivity index (χ1n) is 5.37. The monoisotopic (exact) mass is 412 g/mol. The van der Waals surface area contributed by atoms with Crippen LogP contribution in [-0.2, 0) is 11.3 Å². The van der Waals surface area contributed by atoms with Crippen molar-refractivity contribution in [1.82, 2.24) is 5.32 Å². The number of nitrogens with two attached hydrogens (primary N) is 1. The van der Waals surface area contributed by atoms with Crippen LogP contribution in [0.2, 0.25) is 5.02 Å². The number of thiocarbonyl (C=S) groups is 1. The van der Waals surface area contributed by atoms with E-state index >= 15 is 0 Å². The molecule has 0 aliphatic rings. The van der Waals surface area contributed by atoms with Crippen LogP contribution in [0.3, 0.4) is 0 Å². The van der Waals surface area contributed by atoms with Crippen molar-refractivity contribution in [3.8, 4) is 0 Å². The van der Waals surface area contributed by atoms with Crippen molar-refractivity contribution in [1.29, 1.82) is 0 Å². The Bertz CT molecular complexity index is 492. The Morgan fingerprint density at radius 1 is 1.58 bits per heavy atom. The minimum atomic E-state index is -1.21. The van der Waals surface area contributed by atoms with Crippen LogP contribution < -0.4 is 11.1 Å². The molecular formula is C12H14ClIN2O2S. The van der Waals surface area contributed by atoms with Gasteiger partial charge in [0.2, 0.25) is 6.41 Å². The lowest BCUT2D eigenvalue weighted by molar-refractivity contribution is -0.121. The van der Waals surface area contributed by atoms with Crippen LogP contribution in [0.15, 0.2) is 35.7 Å². The predicted molar refractivity (Wildman–Crippen MR) is 88.9 cm³/mol. The van der Waals surface area contributed by atoms with Crippen LogP contribution in [0.4, 0.5) is 0 Å². The van der Waals surface area contributed by atoms with Crippen LogP contribution in [0, 0.1) is 0 Å². The number of halogens is 2. The van der Waals surface area contributed by atoms with Crippen LogP contribution in [0.25, 0.3) is 0 Å². The highest BCUT2D eigenvalue weighted by Gasteiger charge is 2.11. The molecule has 1 aromatic carbocycles. The number of rotatable bonds is 6. The Morgan fingerprint density at radius 3 is 2.74 bits per heavy atom. The molecule has 1 atom stereocenters. The average Bonchev–Trinajstić information content (AvgIpc) is 2.34. The Labute approximate surface area is 136 Å². The van der Waals surface area contributed by atoms with Crippen molar-refractivity contribution in [3.63, 3.8) is 0 Å². The number of hydrogen-bond donors (Lipinski definition) is 3. The fourth-order valence-electron chi connectivity index (χ4n) is 1.27. The van der Waals surface area contributed by atoms with E-state index in [1.54, 1.807) is 13.0 Å². The standard InChI is InChI=1S/C12H14ClIN2O2S/c1-7(15)10(11(14)19)16-12(17)18-6-8-4-2-3-5-9(8)13/h2-5,12,16-17H,6,15H2,1H3. The topological polar surface area (TPSA) is 67.5 Å². The number of nitrogens with one attached hydrogen (secondary N) is 1. The van der Waals surface area contributed by atoms with Gasteiger partial charge in [0.05, 0.1) is 12.3 Å². The molecule has 0 saturated heterocycles. The quantitative estimate of drug-likeness (QED) is 0.220. The van der Waals surface area contributed by atoms with E-state index in [4.69, 9.17) is 34.3 Å². The fourth-order valence-corrected chi connectivity index (χ4v) is 2.27. The molecule has 0 aliphatic heterocycles. The van der Waals surface area contributed by atoms with Crippen molar-refractivity contribution in [2.75, 3.05) is 0 Å². The van der Waals surface area contributed by atoms with Crippen molar-refractivity contribution < 1.29 is 9.84 Å². The lowest BCUT2D eigenvalue weighted by Crippen LogP contribution is -2.33. The average molecular weight is 413 g/mol. The normalized spacial score (nSPS) is 13.7. The van der Waals surface area contributed by atoms with Gasteiger partial charge in [0.25, 0.3) is 0 Å². The Morgan fingerprint density at radius 2 is 2.21 bits per heavy atom. The van der Waals surface area contributed by atoms with Crippen LogP contribution in [0.1, 0.15) is 12.5 Å². The van der Waals surface area contributed by atoms with Crippen molar-refractivity contribution in [3.05, 3.63) is 46.2 Å². The third kappa shape index (κ3) is 5.62. The van der Waals surface area contributed by atoms with Gasteiger partial charge in [0, 0.05) is 10.7 Å². The molecule has 1 unspecified atom stereocenters. The van der Waals surface area contributed by atoms with Gasteiger partial charge in [-0.2, -0.15) is 0 Å². The predicted octanol–water partition coefficient (Wildman–Crippen LogP) is 2.67. The lowest BCUT2D eigenvalue weighted by atomic mass is 10.2. The molecule has 0 fully saturated rings. The van der Waals surface area contributed by atoms with Crippen LogP contribution >= 0.6 is 46.4 Å². The minimum absolute atomic E-state index is 0.179. The zero-order valence-corrected chi connectivity index (χ0v) is 13.9. The van der Waals surface area contributed by atoms with E-state index in [9.17, 15) is 5.11 Å². The number of aliphatic hydroxyl groups is 1. The van der Waals surface area contributed by atoms with Crippen LogP contribution in [-0.4, -0.2) is 14.4 Å². The third-order valence-electron chi connectivity index (χ3n) is 2.21. The number of ether oxygens (including phenoxy) is 1. The van der Waals surface area contributed by atoms with E-state index in [0.29, 0.717) is 19.3 Å². The summed E-state index contributed by atoms with van der Waals surface area (Å²) in [7, 11) is 0. The first-order valence-corrected chi connectivity index (χ1v) is 7.24. The van der Waals surface area contributed by atoms with Crippen molar-refractivity contribution in [2.24, 2.45) is 5.73 Å². The SMILES string of the molecule is CC(N)=C(NC(O)OCc1ccccc1Cl)C(=S)I.